The van der Waals surface area contributed by atoms with Crippen molar-refractivity contribution >= 4 is 23.2 Å². The van der Waals surface area contributed by atoms with Gasteiger partial charge in [-0.15, -0.1) is 11.3 Å². The van der Waals surface area contributed by atoms with Crippen molar-refractivity contribution < 1.29 is 9.59 Å². The van der Waals surface area contributed by atoms with E-state index in [1.165, 1.54) is 17.8 Å². The van der Waals surface area contributed by atoms with Crippen molar-refractivity contribution in [3.05, 3.63) is 33.5 Å². The first kappa shape index (κ1) is 18.2. The van der Waals surface area contributed by atoms with Gasteiger partial charge in [-0.3, -0.25) is 14.7 Å². The minimum absolute atomic E-state index is 0.0202. The zero-order valence-electron chi connectivity index (χ0n) is 15.5. The Morgan fingerprint density at radius 2 is 2.15 bits per heavy atom. The molecule has 1 unspecified atom stereocenters. The third-order valence-corrected chi connectivity index (χ3v) is 6.58. The summed E-state index contributed by atoms with van der Waals surface area (Å²) < 4.78 is 0. The van der Waals surface area contributed by atoms with Crippen LogP contribution in [0.4, 0.5) is 0 Å². The Kier molecular flexibility index (Phi) is 5.24. The third kappa shape index (κ3) is 4.05. The molecule has 144 valence electrons. The molecular weight excluding hydrogens is 362 g/mol. The molecule has 3 heterocycles. The Morgan fingerprint density at radius 1 is 1.30 bits per heavy atom. The lowest BCUT2D eigenvalue weighted by Gasteiger charge is -2.26. The topological polar surface area (TPSA) is 91.0 Å². The maximum absolute atomic E-state index is 12.7. The van der Waals surface area contributed by atoms with Gasteiger partial charge in [0.15, 0.2) is 5.82 Å². The number of hydrogen-bond donors (Lipinski definition) is 2. The zero-order valence-corrected chi connectivity index (χ0v) is 16.3. The molecule has 2 aromatic heterocycles. The largest absolute Gasteiger partial charge is 0.349 e. The van der Waals surface area contributed by atoms with E-state index in [-0.39, 0.29) is 17.9 Å². The van der Waals surface area contributed by atoms with E-state index in [0.717, 1.165) is 47.8 Å². The van der Waals surface area contributed by atoms with Gasteiger partial charge in [-0.2, -0.15) is 5.10 Å². The average Bonchev–Trinajstić information content (AvgIpc) is 3.35. The number of carbonyl (C=O) groups is 2. The number of nitrogens with one attached hydrogen (secondary N) is 2. The lowest BCUT2D eigenvalue weighted by molar-refractivity contribution is -0.132. The van der Waals surface area contributed by atoms with Crippen molar-refractivity contribution in [3.63, 3.8) is 0 Å². The molecule has 1 aliphatic carbocycles. The minimum Gasteiger partial charge on any atom is -0.349 e. The van der Waals surface area contributed by atoms with Crippen molar-refractivity contribution in [2.24, 2.45) is 0 Å². The number of amides is 2. The molecule has 0 bridgehead atoms. The molecule has 2 amide bonds. The van der Waals surface area contributed by atoms with Gasteiger partial charge >= 0.3 is 0 Å². The summed E-state index contributed by atoms with van der Waals surface area (Å²) >= 11 is 1.52. The van der Waals surface area contributed by atoms with Gasteiger partial charge in [0.05, 0.1) is 10.9 Å². The van der Waals surface area contributed by atoms with E-state index in [1.54, 1.807) is 0 Å². The summed E-state index contributed by atoms with van der Waals surface area (Å²) in [6.45, 7) is 2.63. The van der Waals surface area contributed by atoms with Gasteiger partial charge in [-0.25, -0.2) is 4.98 Å². The SMILES string of the molecule is Cc1nc(CCC(=O)N2CCCC2c2ccc(C(=O)NC3CCC3)s2)n[nH]1. The van der Waals surface area contributed by atoms with Gasteiger partial charge < -0.3 is 10.2 Å². The second kappa shape index (κ2) is 7.80. The van der Waals surface area contributed by atoms with Gasteiger partial charge in [-0.05, 0) is 51.2 Å². The average molecular weight is 388 g/mol. The van der Waals surface area contributed by atoms with Crippen molar-refractivity contribution in [2.45, 2.75) is 64.0 Å². The molecule has 1 saturated carbocycles. The van der Waals surface area contributed by atoms with Crippen LogP contribution in [0.2, 0.25) is 0 Å². The zero-order chi connectivity index (χ0) is 18.8. The van der Waals surface area contributed by atoms with Gasteiger partial charge in [0.2, 0.25) is 5.91 Å². The molecule has 1 atom stereocenters. The molecule has 0 radical (unpaired) electrons. The predicted octanol–water partition coefficient (Wildman–Crippen LogP) is 2.75. The van der Waals surface area contributed by atoms with Crippen LogP contribution < -0.4 is 5.32 Å². The second-order valence-corrected chi connectivity index (χ2v) is 8.50. The molecule has 4 rings (SSSR count). The molecule has 1 saturated heterocycles. The van der Waals surface area contributed by atoms with Crippen molar-refractivity contribution in [2.75, 3.05) is 6.54 Å². The summed E-state index contributed by atoms with van der Waals surface area (Å²) in [4.78, 5) is 33.2. The number of rotatable bonds is 6. The van der Waals surface area contributed by atoms with Crippen LogP contribution in [0.15, 0.2) is 12.1 Å². The molecule has 1 aliphatic heterocycles. The maximum Gasteiger partial charge on any atom is 0.261 e. The van der Waals surface area contributed by atoms with E-state index in [9.17, 15) is 9.59 Å². The first-order chi connectivity index (χ1) is 13.1. The fourth-order valence-electron chi connectivity index (χ4n) is 3.69. The van der Waals surface area contributed by atoms with Gasteiger partial charge in [0.25, 0.3) is 5.91 Å². The van der Waals surface area contributed by atoms with Gasteiger partial charge in [0, 0.05) is 30.3 Å². The van der Waals surface area contributed by atoms with E-state index in [4.69, 9.17) is 0 Å². The normalized spacial score (nSPS) is 19.9. The Labute approximate surface area is 162 Å². The highest BCUT2D eigenvalue weighted by molar-refractivity contribution is 7.14. The van der Waals surface area contributed by atoms with E-state index in [0.29, 0.717) is 24.7 Å². The fourth-order valence-corrected chi connectivity index (χ4v) is 4.75. The van der Waals surface area contributed by atoms with E-state index >= 15 is 0 Å². The van der Waals surface area contributed by atoms with E-state index in [1.807, 2.05) is 24.0 Å². The summed E-state index contributed by atoms with van der Waals surface area (Å²) in [5, 5.41) is 9.99. The number of aryl methyl sites for hydroxylation is 2. The number of H-pyrrole nitrogens is 1. The number of hydrogen-bond acceptors (Lipinski definition) is 5. The summed E-state index contributed by atoms with van der Waals surface area (Å²) in [5.74, 6) is 1.60. The van der Waals surface area contributed by atoms with Crippen LogP contribution >= 0.6 is 11.3 Å². The van der Waals surface area contributed by atoms with Gasteiger partial charge in [0.1, 0.15) is 5.82 Å². The molecular formula is C19H25N5O2S. The summed E-state index contributed by atoms with van der Waals surface area (Å²) in [7, 11) is 0. The molecule has 2 fully saturated rings. The molecule has 27 heavy (non-hydrogen) atoms. The Morgan fingerprint density at radius 3 is 2.85 bits per heavy atom. The van der Waals surface area contributed by atoms with Crippen molar-refractivity contribution in [3.8, 4) is 0 Å². The van der Waals surface area contributed by atoms with Crippen LogP contribution in [0, 0.1) is 6.92 Å². The molecule has 2 N–H and O–H groups in total. The number of aromatic amines is 1. The van der Waals surface area contributed by atoms with Crippen molar-refractivity contribution in [1.29, 1.82) is 0 Å². The standard InChI is InChI=1S/C19H25N5O2S/c1-12-20-17(23-22-12)9-10-18(25)24-11-3-6-14(24)15-7-8-16(27-15)19(26)21-13-4-2-5-13/h7-8,13-14H,2-6,9-11H2,1H3,(H,21,26)(H,20,22,23). The maximum atomic E-state index is 12.7. The Bertz CT molecular complexity index is 826. The number of aromatic nitrogens is 3. The molecule has 2 aromatic rings. The smallest absolute Gasteiger partial charge is 0.261 e. The van der Waals surface area contributed by atoms with Crippen LogP contribution in [0.25, 0.3) is 0 Å². The molecule has 2 aliphatic rings. The third-order valence-electron chi connectivity index (χ3n) is 5.40. The second-order valence-electron chi connectivity index (χ2n) is 7.39. The number of thiophene rings is 1. The Hall–Kier alpha value is -2.22. The molecule has 0 aromatic carbocycles. The lowest BCUT2D eigenvalue weighted by atomic mass is 9.93. The van der Waals surface area contributed by atoms with Gasteiger partial charge in [-0.1, -0.05) is 0 Å². The first-order valence-corrected chi connectivity index (χ1v) is 10.5. The quantitative estimate of drug-likeness (QED) is 0.797. The van der Waals surface area contributed by atoms with Crippen LogP contribution in [0.3, 0.4) is 0 Å². The van der Waals surface area contributed by atoms with E-state index < -0.39 is 0 Å². The molecule has 0 spiro atoms. The fraction of sp³-hybridized carbons (Fsp3) is 0.579. The highest BCUT2D eigenvalue weighted by atomic mass is 32.1. The number of nitrogens with zero attached hydrogens (tertiary/aromatic N) is 3. The summed E-state index contributed by atoms with van der Waals surface area (Å²) in [6.07, 6.45) is 6.28. The molecule has 8 heteroatoms. The van der Waals surface area contributed by atoms with Crippen LogP contribution in [-0.2, 0) is 11.2 Å². The first-order valence-electron chi connectivity index (χ1n) is 9.68. The number of carbonyl (C=O) groups excluding carboxylic acids is 2. The highest BCUT2D eigenvalue weighted by Crippen LogP contribution is 2.36. The predicted molar refractivity (Wildman–Crippen MR) is 103 cm³/mol. The minimum atomic E-state index is 0.0202. The monoisotopic (exact) mass is 387 g/mol. The summed E-state index contributed by atoms with van der Waals surface area (Å²) in [6, 6.07) is 4.33. The highest BCUT2D eigenvalue weighted by Gasteiger charge is 2.31. The summed E-state index contributed by atoms with van der Waals surface area (Å²) in [5.41, 5.74) is 0. The number of likely N-dealkylation sites (tertiary alicyclic amines) is 1. The van der Waals surface area contributed by atoms with Crippen LogP contribution in [0.5, 0.6) is 0 Å². The van der Waals surface area contributed by atoms with E-state index in [2.05, 4.69) is 20.5 Å². The Balaban J connectivity index is 1.37. The lowest BCUT2D eigenvalue weighted by Crippen LogP contribution is -2.39. The van der Waals surface area contributed by atoms with Crippen LogP contribution in [0.1, 0.15) is 70.8 Å². The molecule has 7 nitrogen and oxygen atoms in total. The van der Waals surface area contributed by atoms with Crippen LogP contribution in [-0.4, -0.2) is 44.5 Å². The van der Waals surface area contributed by atoms with Crippen molar-refractivity contribution in [1.82, 2.24) is 25.4 Å².